The number of fused-ring (bicyclic) bond motifs is 1. The smallest absolute Gasteiger partial charge is 0.134 e. The molecule has 0 saturated carbocycles. The molecule has 18 heavy (non-hydrogen) atoms. The third-order valence-electron chi connectivity index (χ3n) is 2.89. The molecule has 0 aliphatic heterocycles. The van der Waals surface area contributed by atoms with Crippen LogP contribution >= 0.6 is 0 Å². The quantitative estimate of drug-likeness (QED) is 0.709. The Bertz CT molecular complexity index is 574. The van der Waals surface area contributed by atoms with E-state index in [2.05, 4.69) is 56.5 Å². The number of aromatic nitrogens is 3. The number of hydrogen-bond donors (Lipinski definition) is 0. The van der Waals surface area contributed by atoms with Gasteiger partial charge in [-0.05, 0) is 6.07 Å². The SMILES string of the molecule is CC(C)(C)c1ncc2c(C(C)(C)C)nccc2n1. The molecular formula is C15H21N3. The lowest BCUT2D eigenvalue weighted by molar-refractivity contribution is 0.547. The van der Waals surface area contributed by atoms with Crippen LogP contribution < -0.4 is 0 Å². The van der Waals surface area contributed by atoms with Crippen LogP contribution in [-0.4, -0.2) is 15.0 Å². The lowest BCUT2D eigenvalue weighted by Crippen LogP contribution is -2.18. The molecule has 0 amide bonds. The maximum absolute atomic E-state index is 4.67. The van der Waals surface area contributed by atoms with Crippen LogP contribution in [0.3, 0.4) is 0 Å². The fourth-order valence-corrected chi connectivity index (χ4v) is 1.92. The molecule has 96 valence electrons. The predicted octanol–water partition coefficient (Wildman–Crippen LogP) is 3.62. The fourth-order valence-electron chi connectivity index (χ4n) is 1.92. The van der Waals surface area contributed by atoms with Gasteiger partial charge in [-0.3, -0.25) is 4.98 Å². The highest BCUT2D eigenvalue weighted by Gasteiger charge is 2.21. The van der Waals surface area contributed by atoms with E-state index in [4.69, 9.17) is 0 Å². The molecule has 0 N–H and O–H groups in total. The van der Waals surface area contributed by atoms with Gasteiger partial charge in [0.1, 0.15) is 5.82 Å². The van der Waals surface area contributed by atoms with Crippen molar-refractivity contribution < 1.29 is 0 Å². The summed E-state index contributed by atoms with van der Waals surface area (Å²) in [6.07, 6.45) is 3.75. The summed E-state index contributed by atoms with van der Waals surface area (Å²) in [5, 5.41) is 1.05. The first kappa shape index (κ1) is 12.9. The van der Waals surface area contributed by atoms with Gasteiger partial charge in [-0.25, -0.2) is 9.97 Å². The van der Waals surface area contributed by atoms with Crippen LogP contribution in [0, 0.1) is 0 Å². The normalized spacial score (nSPS) is 13.0. The summed E-state index contributed by atoms with van der Waals surface area (Å²) in [6.45, 7) is 12.9. The van der Waals surface area contributed by atoms with E-state index in [1.54, 1.807) is 0 Å². The summed E-state index contributed by atoms with van der Waals surface area (Å²) in [7, 11) is 0. The van der Waals surface area contributed by atoms with Gasteiger partial charge in [-0.2, -0.15) is 0 Å². The van der Waals surface area contributed by atoms with Gasteiger partial charge in [-0.1, -0.05) is 41.5 Å². The average Bonchev–Trinajstić information content (AvgIpc) is 2.25. The van der Waals surface area contributed by atoms with E-state index >= 15 is 0 Å². The molecule has 3 nitrogen and oxygen atoms in total. The summed E-state index contributed by atoms with van der Waals surface area (Å²) < 4.78 is 0. The van der Waals surface area contributed by atoms with E-state index in [1.165, 1.54) is 0 Å². The molecule has 0 saturated heterocycles. The summed E-state index contributed by atoms with van der Waals surface area (Å²) in [6, 6.07) is 1.96. The van der Waals surface area contributed by atoms with Crippen molar-refractivity contribution in [3.63, 3.8) is 0 Å². The highest BCUT2D eigenvalue weighted by molar-refractivity contribution is 5.80. The van der Waals surface area contributed by atoms with Gasteiger partial charge < -0.3 is 0 Å². The maximum atomic E-state index is 4.67. The third kappa shape index (κ3) is 2.35. The van der Waals surface area contributed by atoms with E-state index in [9.17, 15) is 0 Å². The minimum absolute atomic E-state index is 0.00607. The standard InChI is InChI=1S/C15H21N3/c1-14(2,3)12-10-9-17-13(15(4,5)6)18-11(10)7-8-16-12/h7-9H,1-6H3. The van der Waals surface area contributed by atoms with Crippen LogP contribution in [0.5, 0.6) is 0 Å². The fraction of sp³-hybridized carbons (Fsp3) is 0.533. The van der Waals surface area contributed by atoms with Gasteiger partial charge in [0.15, 0.2) is 0 Å². The average molecular weight is 243 g/mol. The molecule has 2 heterocycles. The molecule has 0 aliphatic rings. The Labute approximate surface area is 109 Å². The molecule has 0 radical (unpaired) electrons. The van der Waals surface area contributed by atoms with E-state index in [1.807, 2.05) is 18.5 Å². The summed E-state index contributed by atoms with van der Waals surface area (Å²) in [5.41, 5.74) is 2.01. The van der Waals surface area contributed by atoms with Crippen LogP contribution in [0.4, 0.5) is 0 Å². The van der Waals surface area contributed by atoms with Crippen LogP contribution in [0.15, 0.2) is 18.5 Å². The first-order valence-electron chi connectivity index (χ1n) is 6.32. The molecule has 0 fully saturated rings. The number of pyridine rings is 1. The highest BCUT2D eigenvalue weighted by atomic mass is 14.9. The molecule has 0 aliphatic carbocycles. The predicted molar refractivity (Wildman–Crippen MR) is 74.7 cm³/mol. The Morgan fingerprint density at radius 2 is 1.56 bits per heavy atom. The first-order valence-corrected chi connectivity index (χ1v) is 6.32. The molecule has 2 rings (SSSR count). The molecule has 2 aromatic rings. The van der Waals surface area contributed by atoms with Crippen molar-refractivity contribution in [3.8, 4) is 0 Å². The van der Waals surface area contributed by atoms with Crippen molar-refractivity contribution in [2.75, 3.05) is 0 Å². The Morgan fingerprint density at radius 1 is 0.889 bits per heavy atom. The second-order valence-corrected chi connectivity index (χ2v) is 6.79. The van der Waals surface area contributed by atoms with Crippen molar-refractivity contribution in [2.24, 2.45) is 0 Å². The molecule has 0 unspecified atom stereocenters. The Hall–Kier alpha value is -1.51. The number of rotatable bonds is 0. The van der Waals surface area contributed by atoms with Crippen molar-refractivity contribution >= 4 is 10.9 Å². The van der Waals surface area contributed by atoms with Gasteiger partial charge >= 0.3 is 0 Å². The van der Waals surface area contributed by atoms with Gasteiger partial charge in [0.25, 0.3) is 0 Å². The van der Waals surface area contributed by atoms with Crippen LogP contribution in [0.2, 0.25) is 0 Å². The topological polar surface area (TPSA) is 38.7 Å². The van der Waals surface area contributed by atoms with Crippen LogP contribution in [0.25, 0.3) is 10.9 Å². The van der Waals surface area contributed by atoms with Crippen molar-refractivity contribution in [3.05, 3.63) is 30.0 Å². The van der Waals surface area contributed by atoms with Crippen molar-refractivity contribution in [1.82, 2.24) is 15.0 Å². The molecule has 3 heteroatoms. The third-order valence-corrected chi connectivity index (χ3v) is 2.89. The maximum Gasteiger partial charge on any atom is 0.134 e. The molecular weight excluding hydrogens is 222 g/mol. The van der Waals surface area contributed by atoms with Gasteiger partial charge in [0.05, 0.1) is 11.2 Å². The summed E-state index contributed by atoms with van der Waals surface area (Å²) >= 11 is 0. The van der Waals surface area contributed by atoms with Gasteiger partial charge in [0.2, 0.25) is 0 Å². The van der Waals surface area contributed by atoms with Crippen LogP contribution in [0.1, 0.15) is 53.1 Å². The summed E-state index contributed by atoms with van der Waals surface area (Å²) in [4.78, 5) is 13.7. The second kappa shape index (κ2) is 4.01. The molecule has 0 bridgehead atoms. The first-order chi connectivity index (χ1) is 8.19. The minimum atomic E-state index is -0.0284. The summed E-state index contributed by atoms with van der Waals surface area (Å²) in [5.74, 6) is 0.876. The van der Waals surface area contributed by atoms with E-state index in [0.29, 0.717) is 0 Å². The lowest BCUT2D eigenvalue weighted by atomic mass is 9.89. The number of hydrogen-bond acceptors (Lipinski definition) is 3. The zero-order valence-electron chi connectivity index (χ0n) is 12.1. The zero-order chi connectivity index (χ0) is 13.6. The van der Waals surface area contributed by atoms with Crippen molar-refractivity contribution in [1.29, 1.82) is 0 Å². The Balaban J connectivity index is 2.68. The van der Waals surface area contributed by atoms with Gasteiger partial charge in [0, 0.05) is 28.6 Å². The van der Waals surface area contributed by atoms with Crippen LogP contribution in [-0.2, 0) is 10.8 Å². The second-order valence-electron chi connectivity index (χ2n) is 6.79. The highest BCUT2D eigenvalue weighted by Crippen LogP contribution is 2.28. The zero-order valence-corrected chi connectivity index (χ0v) is 12.1. The van der Waals surface area contributed by atoms with Gasteiger partial charge in [-0.15, -0.1) is 0 Å². The molecule has 0 spiro atoms. The number of nitrogens with zero attached hydrogens (tertiary/aromatic N) is 3. The minimum Gasteiger partial charge on any atom is -0.260 e. The monoisotopic (exact) mass is 243 g/mol. The van der Waals surface area contributed by atoms with E-state index in [0.717, 1.165) is 22.4 Å². The lowest BCUT2D eigenvalue weighted by Gasteiger charge is -2.21. The van der Waals surface area contributed by atoms with E-state index < -0.39 is 0 Å². The van der Waals surface area contributed by atoms with Crippen molar-refractivity contribution in [2.45, 2.75) is 52.4 Å². The Morgan fingerprint density at radius 3 is 2.11 bits per heavy atom. The molecule has 2 aromatic heterocycles. The largest absolute Gasteiger partial charge is 0.260 e. The van der Waals surface area contributed by atoms with E-state index in [-0.39, 0.29) is 10.8 Å². The molecule has 0 aromatic carbocycles. The Kier molecular flexibility index (Phi) is 2.88. The molecule has 0 atom stereocenters.